The van der Waals surface area contributed by atoms with Crippen molar-refractivity contribution in [3.05, 3.63) is 23.8 Å². The molecule has 0 atom stereocenters. The summed E-state index contributed by atoms with van der Waals surface area (Å²) < 4.78 is 44.2. The molecule has 1 aliphatic heterocycles. The van der Waals surface area contributed by atoms with E-state index >= 15 is 0 Å². The first-order valence-electron chi connectivity index (χ1n) is 6.37. The number of aromatic nitrogens is 1. The quantitative estimate of drug-likeness (QED) is 0.922. The smallest absolute Gasteiger partial charge is 0.416 e. The first kappa shape index (κ1) is 13.6. The fraction of sp³-hybridized carbons (Fsp3) is 0.462. The van der Waals surface area contributed by atoms with E-state index in [1.807, 2.05) is 0 Å². The van der Waals surface area contributed by atoms with Crippen molar-refractivity contribution in [2.45, 2.75) is 25.1 Å². The molecule has 0 amide bonds. The van der Waals surface area contributed by atoms with E-state index in [1.54, 1.807) is 0 Å². The highest BCUT2D eigenvalue weighted by Crippen LogP contribution is 2.35. The summed E-state index contributed by atoms with van der Waals surface area (Å²) in [7, 11) is 0. The van der Waals surface area contributed by atoms with Crippen molar-refractivity contribution in [1.29, 1.82) is 0 Å². The highest BCUT2D eigenvalue weighted by Gasteiger charge is 2.30. The van der Waals surface area contributed by atoms with Gasteiger partial charge in [-0.25, -0.2) is 4.98 Å². The van der Waals surface area contributed by atoms with E-state index in [0.29, 0.717) is 15.4 Å². The lowest BCUT2D eigenvalue weighted by atomic mass is 10.1. The average molecular weight is 302 g/mol. The fourth-order valence-electron chi connectivity index (χ4n) is 2.19. The van der Waals surface area contributed by atoms with Gasteiger partial charge in [0.15, 0.2) is 0 Å². The first-order valence-corrected chi connectivity index (χ1v) is 7.19. The minimum Gasteiger partial charge on any atom is -0.467 e. The highest BCUT2D eigenvalue weighted by molar-refractivity contribution is 7.20. The molecule has 3 nitrogen and oxygen atoms in total. The molecule has 0 aliphatic carbocycles. The molecule has 0 saturated carbocycles. The number of hydrogen-bond acceptors (Lipinski definition) is 4. The molecule has 1 saturated heterocycles. The van der Waals surface area contributed by atoms with Crippen LogP contribution in [0.3, 0.4) is 0 Å². The molecule has 0 spiro atoms. The third kappa shape index (κ3) is 2.88. The number of thiazole rings is 1. The van der Waals surface area contributed by atoms with Gasteiger partial charge in [0.1, 0.15) is 6.10 Å². The van der Waals surface area contributed by atoms with Gasteiger partial charge in [0, 0.05) is 0 Å². The van der Waals surface area contributed by atoms with Crippen LogP contribution >= 0.6 is 11.3 Å². The maximum Gasteiger partial charge on any atom is 0.416 e. The van der Waals surface area contributed by atoms with Gasteiger partial charge < -0.3 is 10.1 Å². The minimum absolute atomic E-state index is 0.0962. The summed E-state index contributed by atoms with van der Waals surface area (Å²) in [5.41, 5.74) is -0.103. The van der Waals surface area contributed by atoms with Crippen molar-refractivity contribution in [3.8, 4) is 5.19 Å². The molecule has 1 aromatic heterocycles. The van der Waals surface area contributed by atoms with Gasteiger partial charge in [-0.3, -0.25) is 0 Å². The number of piperidine rings is 1. The van der Waals surface area contributed by atoms with E-state index in [2.05, 4.69) is 10.3 Å². The van der Waals surface area contributed by atoms with Crippen LogP contribution in [0.25, 0.3) is 10.2 Å². The van der Waals surface area contributed by atoms with Crippen LogP contribution in [0.1, 0.15) is 18.4 Å². The molecule has 20 heavy (non-hydrogen) atoms. The van der Waals surface area contributed by atoms with Gasteiger partial charge in [-0.15, -0.1) is 0 Å². The third-order valence-corrected chi connectivity index (χ3v) is 4.16. The zero-order valence-electron chi connectivity index (χ0n) is 10.5. The number of fused-ring (bicyclic) bond motifs is 1. The van der Waals surface area contributed by atoms with Crippen molar-refractivity contribution >= 4 is 21.6 Å². The maximum atomic E-state index is 12.6. The van der Waals surface area contributed by atoms with Crippen molar-refractivity contribution in [2.75, 3.05) is 13.1 Å². The predicted molar refractivity (Wildman–Crippen MR) is 71.1 cm³/mol. The number of halogens is 3. The summed E-state index contributed by atoms with van der Waals surface area (Å²) in [5, 5.41) is 3.68. The summed E-state index contributed by atoms with van der Waals surface area (Å²) in [6.07, 6.45) is -2.44. The Hall–Kier alpha value is -1.34. The second-order valence-electron chi connectivity index (χ2n) is 4.73. The predicted octanol–water partition coefficient (Wildman–Crippen LogP) is 3.45. The zero-order chi connectivity index (χ0) is 14.2. The van der Waals surface area contributed by atoms with Crippen molar-refractivity contribution in [1.82, 2.24) is 10.3 Å². The molecule has 2 aromatic rings. The van der Waals surface area contributed by atoms with Crippen LogP contribution in [0, 0.1) is 0 Å². The molecule has 1 aliphatic rings. The van der Waals surface area contributed by atoms with E-state index in [0.717, 1.165) is 38.1 Å². The second kappa shape index (κ2) is 5.21. The lowest BCUT2D eigenvalue weighted by Gasteiger charge is -2.22. The van der Waals surface area contributed by atoms with Gasteiger partial charge in [0.2, 0.25) is 0 Å². The molecule has 3 rings (SSSR count). The van der Waals surface area contributed by atoms with Crippen LogP contribution < -0.4 is 10.1 Å². The van der Waals surface area contributed by atoms with Gasteiger partial charge in [0.05, 0.1) is 15.8 Å². The number of hydrogen-bond donors (Lipinski definition) is 1. The Morgan fingerprint density at radius 3 is 2.70 bits per heavy atom. The number of ether oxygens (including phenoxy) is 1. The second-order valence-corrected chi connectivity index (χ2v) is 5.72. The van der Waals surface area contributed by atoms with E-state index in [-0.39, 0.29) is 6.10 Å². The Labute approximate surface area is 117 Å². The Kier molecular flexibility index (Phi) is 3.55. The molecular formula is C13H13F3N2OS. The van der Waals surface area contributed by atoms with E-state index in [1.165, 1.54) is 17.4 Å². The van der Waals surface area contributed by atoms with Crippen LogP contribution in [-0.2, 0) is 6.18 Å². The van der Waals surface area contributed by atoms with E-state index in [4.69, 9.17) is 4.74 Å². The fourth-order valence-corrected chi connectivity index (χ4v) is 3.11. The van der Waals surface area contributed by atoms with E-state index in [9.17, 15) is 13.2 Å². The summed E-state index contributed by atoms with van der Waals surface area (Å²) in [6.45, 7) is 1.79. The summed E-state index contributed by atoms with van der Waals surface area (Å²) in [6, 6.07) is 3.57. The van der Waals surface area contributed by atoms with Crippen LogP contribution in [-0.4, -0.2) is 24.2 Å². The molecule has 0 radical (unpaired) electrons. The van der Waals surface area contributed by atoms with Crippen molar-refractivity contribution in [3.63, 3.8) is 0 Å². The number of nitrogens with one attached hydrogen (secondary N) is 1. The average Bonchev–Trinajstić information content (AvgIpc) is 2.80. The minimum atomic E-state index is -4.33. The lowest BCUT2D eigenvalue weighted by Crippen LogP contribution is -2.34. The van der Waals surface area contributed by atoms with E-state index < -0.39 is 11.7 Å². The molecule has 1 fully saturated rings. The first-order chi connectivity index (χ1) is 9.52. The normalized spacial score (nSPS) is 17.6. The molecule has 2 heterocycles. The van der Waals surface area contributed by atoms with Crippen LogP contribution in [0.5, 0.6) is 5.19 Å². The Morgan fingerprint density at radius 1 is 1.25 bits per heavy atom. The number of rotatable bonds is 2. The summed E-state index contributed by atoms with van der Waals surface area (Å²) >= 11 is 1.17. The Balaban J connectivity index is 1.83. The number of nitrogens with zero attached hydrogens (tertiary/aromatic N) is 1. The summed E-state index contributed by atoms with van der Waals surface area (Å²) in [4.78, 5) is 4.24. The molecule has 1 N–H and O–H groups in total. The van der Waals surface area contributed by atoms with Gasteiger partial charge in [-0.2, -0.15) is 13.2 Å². The highest BCUT2D eigenvalue weighted by atomic mass is 32.1. The monoisotopic (exact) mass is 302 g/mol. The lowest BCUT2D eigenvalue weighted by molar-refractivity contribution is -0.137. The van der Waals surface area contributed by atoms with Crippen LogP contribution in [0.15, 0.2) is 18.2 Å². The SMILES string of the molecule is FC(F)(F)c1ccc2nc(OC3CCNCC3)sc2c1. The molecule has 1 aromatic carbocycles. The Bertz CT molecular complexity index is 605. The number of benzene rings is 1. The topological polar surface area (TPSA) is 34.1 Å². The zero-order valence-corrected chi connectivity index (χ0v) is 11.4. The third-order valence-electron chi connectivity index (χ3n) is 3.25. The molecule has 0 bridgehead atoms. The summed E-state index contributed by atoms with van der Waals surface area (Å²) in [5.74, 6) is 0. The van der Waals surface area contributed by atoms with Gasteiger partial charge in [0.25, 0.3) is 5.19 Å². The maximum absolute atomic E-state index is 12.6. The molecule has 7 heteroatoms. The van der Waals surface area contributed by atoms with Crippen LogP contribution in [0.2, 0.25) is 0 Å². The van der Waals surface area contributed by atoms with Crippen molar-refractivity contribution in [2.24, 2.45) is 0 Å². The molecule has 108 valence electrons. The van der Waals surface area contributed by atoms with Gasteiger partial charge >= 0.3 is 6.18 Å². The Morgan fingerprint density at radius 2 is 2.00 bits per heavy atom. The van der Waals surface area contributed by atoms with Crippen LogP contribution in [0.4, 0.5) is 13.2 Å². The molecular weight excluding hydrogens is 289 g/mol. The largest absolute Gasteiger partial charge is 0.467 e. The van der Waals surface area contributed by atoms with Crippen molar-refractivity contribution < 1.29 is 17.9 Å². The standard InChI is InChI=1S/C13H13F3N2OS/c14-13(15,16)8-1-2-10-11(7-8)20-12(18-10)19-9-3-5-17-6-4-9/h1-2,7,9,17H,3-6H2. The number of alkyl halides is 3. The van der Waals surface area contributed by atoms with Gasteiger partial charge in [-0.1, -0.05) is 11.3 Å². The molecule has 0 unspecified atom stereocenters. The van der Waals surface area contributed by atoms with Gasteiger partial charge in [-0.05, 0) is 44.1 Å².